The van der Waals surface area contributed by atoms with E-state index >= 15 is 0 Å². The Morgan fingerprint density at radius 2 is 1.85 bits per heavy atom. The molecule has 3 aromatic rings. The van der Waals surface area contributed by atoms with Crippen molar-refractivity contribution in [3.8, 4) is 11.5 Å². The van der Waals surface area contributed by atoms with Gasteiger partial charge in [-0.15, -0.1) is 0 Å². The van der Waals surface area contributed by atoms with Crippen molar-refractivity contribution in [2.75, 3.05) is 23.4 Å². The Labute approximate surface area is 243 Å². The molecule has 0 spiro atoms. The lowest BCUT2D eigenvalue weighted by molar-refractivity contribution is -0.122. The maximum Gasteiger partial charge on any atom is 0.335 e. The average molecular weight is 598 g/mol. The minimum atomic E-state index is -1.20. The molecule has 0 aliphatic carbocycles. The molecule has 13 heteroatoms. The molecule has 210 valence electrons. The minimum absolute atomic E-state index is 0.0302. The summed E-state index contributed by atoms with van der Waals surface area (Å²) in [6.45, 7) is 1.47. The molecule has 0 bridgehead atoms. The fourth-order valence-electron chi connectivity index (χ4n) is 3.78. The first-order chi connectivity index (χ1) is 19.6. The molecule has 41 heavy (non-hydrogen) atoms. The number of anilines is 2. The van der Waals surface area contributed by atoms with Crippen LogP contribution < -0.4 is 25.0 Å². The predicted molar refractivity (Wildman–Crippen MR) is 153 cm³/mol. The maximum absolute atomic E-state index is 13.3. The Kier molecular flexibility index (Phi) is 8.95. The number of carbonyl (C=O) groups is 4. The van der Waals surface area contributed by atoms with Gasteiger partial charge in [-0.1, -0.05) is 17.7 Å². The van der Waals surface area contributed by atoms with Crippen molar-refractivity contribution < 1.29 is 38.1 Å². The second kappa shape index (κ2) is 12.6. The standard InChI is InChI=1S/C28H21ClFN3O7S/c1-2-39-22-12-15(11-21(29)24(22)40-14-23(34)31-18-8-6-17(30)7-9-18)10-20-25(35)32-28(41)33(26(20)36)19-5-3-4-16(13-19)27(37)38/h3-13H,2,14H2,1H3,(H,31,34)(H,37,38)(H,32,35,41). The lowest BCUT2D eigenvalue weighted by Gasteiger charge is -2.29. The predicted octanol–water partition coefficient (Wildman–Crippen LogP) is 4.42. The number of carboxylic acids is 1. The fraction of sp³-hybridized carbons (Fsp3) is 0.107. The van der Waals surface area contributed by atoms with Crippen LogP contribution in [0.15, 0.2) is 66.2 Å². The van der Waals surface area contributed by atoms with E-state index in [1.807, 2.05) is 0 Å². The van der Waals surface area contributed by atoms with Gasteiger partial charge >= 0.3 is 5.97 Å². The van der Waals surface area contributed by atoms with Gasteiger partial charge in [-0.3, -0.25) is 24.6 Å². The zero-order valence-corrected chi connectivity index (χ0v) is 22.8. The smallest absolute Gasteiger partial charge is 0.335 e. The van der Waals surface area contributed by atoms with E-state index in [4.69, 9.17) is 33.3 Å². The van der Waals surface area contributed by atoms with E-state index in [1.54, 1.807) is 6.92 Å². The number of carbonyl (C=O) groups excluding carboxylic acids is 3. The number of amides is 3. The SMILES string of the molecule is CCOc1cc(C=C2C(=O)NC(=S)N(c3cccc(C(=O)O)c3)C2=O)cc(Cl)c1OCC(=O)Nc1ccc(F)cc1. The number of carboxylic acid groups (broad SMARTS) is 1. The Morgan fingerprint density at radius 3 is 2.54 bits per heavy atom. The van der Waals surface area contributed by atoms with Crippen molar-refractivity contribution in [3.63, 3.8) is 0 Å². The molecule has 3 amide bonds. The Balaban J connectivity index is 1.59. The molecule has 3 N–H and O–H groups in total. The van der Waals surface area contributed by atoms with E-state index in [0.717, 1.165) is 4.90 Å². The first kappa shape index (κ1) is 29.2. The number of benzene rings is 3. The van der Waals surface area contributed by atoms with Crippen molar-refractivity contribution in [3.05, 3.63) is 88.2 Å². The summed E-state index contributed by atoms with van der Waals surface area (Å²) in [5, 5.41) is 14.1. The van der Waals surface area contributed by atoms with Gasteiger partial charge in [0.2, 0.25) is 0 Å². The van der Waals surface area contributed by atoms with Gasteiger partial charge in [0, 0.05) is 5.69 Å². The van der Waals surface area contributed by atoms with E-state index in [0.29, 0.717) is 11.3 Å². The van der Waals surface area contributed by atoms with Crippen molar-refractivity contribution in [1.82, 2.24) is 5.32 Å². The first-order valence-corrected chi connectivity index (χ1v) is 12.8. The molecular formula is C28H21ClFN3O7S. The molecule has 4 rings (SSSR count). The van der Waals surface area contributed by atoms with E-state index in [1.165, 1.54) is 66.7 Å². The highest BCUT2D eigenvalue weighted by Gasteiger charge is 2.35. The zero-order valence-electron chi connectivity index (χ0n) is 21.3. The third-order valence-corrected chi connectivity index (χ3v) is 6.14. The van der Waals surface area contributed by atoms with Gasteiger partial charge in [0.1, 0.15) is 11.4 Å². The number of nitrogens with one attached hydrogen (secondary N) is 2. The minimum Gasteiger partial charge on any atom is -0.490 e. The van der Waals surface area contributed by atoms with Crippen LogP contribution in [0.5, 0.6) is 11.5 Å². The molecule has 0 aromatic heterocycles. The molecule has 0 atom stereocenters. The molecule has 1 fully saturated rings. The van der Waals surface area contributed by atoms with Gasteiger partial charge < -0.3 is 19.9 Å². The largest absolute Gasteiger partial charge is 0.490 e. The normalized spacial score (nSPS) is 14.1. The van der Waals surface area contributed by atoms with Gasteiger partial charge in [0.05, 0.1) is 22.9 Å². The van der Waals surface area contributed by atoms with Gasteiger partial charge in [-0.25, -0.2) is 9.18 Å². The van der Waals surface area contributed by atoms with Crippen LogP contribution in [0.3, 0.4) is 0 Å². The van der Waals surface area contributed by atoms with Crippen molar-refractivity contribution in [1.29, 1.82) is 0 Å². The first-order valence-electron chi connectivity index (χ1n) is 12.0. The highest BCUT2D eigenvalue weighted by Crippen LogP contribution is 2.37. The third kappa shape index (κ3) is 6.86. The fourth-order valence-corrected chi connectivity index (χ4v) is 4.33. The Bertz CT molecular complexity index is 1590. The number of nitrogens with zero attached hydrogens (tertiary/aromatic N) is 1. The average Bonchev–Trinajstić information content (AvgIpc) is 2.92. The van der Waals surface area contributed by atoms with Crippen LogP contribution in [-0.4, -0.2) is 47.1 Å². The highest BCUT2D eigenvalue weighted by atomic mass is 35.5. The summed E-state index contributed by atoms with van der Waals surface area (Å²) in [7, 11) is 0. The summed E-state index contributed by atoms with van der Waals surface area (Å²) in [5.74, 6) is -3.53. The second-order valence-electron chi connectivity index (χ2n) is 8.42. The third-order valence-electron chi connectivity index (χ3n) is 5.57. The Hall–Kier alpha value is -4.81. The molecule has 0 unspecified atom stereocenters. The van der Waals surface area contributed by atoms with Crippen LogP contribution in [-0.2, 0) is 14.4 Å². The molecule has 1 heterocycles. The molecule has 1 aliphatic heterocycles. The quantitative estimate of drug-likeness (QED) is 0.187. The van der Waals surface area contributed by atoms with E-state index in [-0.39, 0.29) is 45.1 Å². The van der Waals surface area contributed by atoms with Crippen LogP contribution in [0.25, 0.3) is 6.08 Å². The summed E-state index contributed by atoms with van der Waals surface area (Å²) in [4.78, 5) is 50.8. The van der Waals surface area contributed by atoms with Gasteiger partial charge in [-0.2, -0.15) is 0 Å². The molecule has 0 saturated carbocycles. The zero-order chi connectivity index (χ0) is 29.7. The maximum atomic E-state index is 13.3. The molecule has 0 radical (unpaired) electrons. The highest BCUT2D eigenvalue weighted by molar-refractivity contribution is 7.80. The molecule has 3 aromatic carbocycles. The van der Waals surface area contributed by atoms with Crippen LogP contribution in [0.2, 0.25) is 5.02 Å². The van der Waals surface area contributed by atoms with Crippen molar-refractivity contribution >= 4 is 70.1 Å². The number of hydrogen-bond donors (Lipinski definition) is 3. The number of ether oxygens (including phenoxy) is 2. The second-order valence-corrected chi connectivity index (χ2v) is 9.21. The molecular weight excluding hydrogens is 577 g/mol. The Morgan fingerprint density at radius 1 is 1.12 bits per heavy atom. The summed E-state index contributed by atoms with van der Waals surface area (Å²) < 4.78 is 24.3. The van der Waals surface area contributed by atoms with Crippen molar-refractivity contribution in [2.45, 2.75) is 6.92 Å². The summed E-state index contributed by atoms with van der Waals surface area (Å²) in [5.41, 5.74) is 0.450. The lowest BCUT2D eigenvalue weighted by Crippen LogP contribution is -2.54. The van der Waals surface area contributed by atoms with Gasteiger partial charge in [-0.05, 0) is 85.4 Å². The number of halogens is 2. The van der Waals surface area contributed by atoms with Gasteiger partial charge in [0.25, 0.3) is 17.7 Å². The summed E-state index contributed by atoms with van der Waals surface area (Å²) in [6.07, 6.45) is 1.27. The number of aromatic carboxylic acids is 1. The van der Waals surface area contributed by atoms with Crippen LogP contribution in [0.1, 0.15) is 22.8 Å². The van der Waals surface area contributed by atoms with Crippen molar-refractivity contribution in [2.24, 2.45) is 0 Å². The van der Waals surface area contributed by atoms with E-state index in [2.05, 4.69) is 10.6 Å². The molecule has 10 nitrogen and oxygen atoms in total. The summed E-state index contributed by atoms with van der Waals surface area (Å²) in [6, 6.07) is 13.6. The number of hydrogen-bond acceptors (Lipinski definition) is 7. The topological polar surface area (TPSA) is 134 Å². The lowest BCUT2D eigenvalue weighted by atomic mass is 10.1. The molecule has 1 aliphatic rings. The monoisotopic (exact) mass is 597 g/mol. The van der Waals surface area contributed by atoms with Crippen LogP contribution in [0.4, 0.5) is 15.8 Å². The van der Waals surface area contributed by atoms with Crippen LogP contribution >= 0.6 is 23.8 Å². The molecule has 1 saturated heterocycles. The van der Waals surface area contributed by atoms with Crippen LogP contribution in [0, 0.1) is 5.82 Å². The number of rotatable bonds is 9. The van der Waals surface area contributed by atoms with E-state index < -0.39 is 36.1 Å². The van der Waals surface area contributed by atoms with Gasteiger partial charge in [0.15, 0.2) is 23.2 Å². The summed E-state index contributed by atoms with van der Waals surface area (Å²) >= 11 is 11.6. The number of thiocarbonyl (C=S) groups is 1. The van der Waals surface area contributed by atoms with E-state index in [9.17, 15) is 28.7 Å².